The Labute approximate surface area is 89.1 Å². The average molecular weight is 203 g/mol. The first-order valence-electron chi connectivity index (χ1n) is 4.49. The van der Waals surface area contributed by atoms with E-state index >= 15 is 0 Å². The molecule has 4 heteroatoms. The number of nitrogens with zero attached hydrogens (tertiary/aromatic N) is 3. The van der Waals surface area contributed by atoms with Crippen LogP contribution in [0.1, 0.15) is 11.1 Å². The van der Waals surface area contributed by atoms with Gasteiger partial charge in [-0.1, -0.05) is 0 Å². The van der Waals surface area contributed by atoms with Crippen LogP contribution in [0, 0.1) is 18.3 Å². The number of hydrogen-bond donors (Lipinski definition) is 1. The molecule has 0 radical (unpaired) electrons. The maximum Gasteiger partial charge on any atom is 0.119 e. The topological polar surface area (TPSA) is 59.6 Å². The summed E-state index contributed by atoms with van der Waals surface area (Å²) in [5.41, 5.74) is 1.65. The van der Waals surface area contributed by atoms with Crippen molar-refractivity contribution >= 4 is 12.0 Å². The van der Waals surface area contributed by atoms with Gasteiger partial charge in [-0.05, 0) is 18.6 Å². The molecule has 1 aromatic rings. The molecule has 1 rings (SSSR count). The zero-order valence-corrected chi connectivity index (χ0v) is 9.02. The molecule has 0 bridgehead atoms. The second-order valence-corrected chi connectivity index (χ2v) is 3.48. The molecule has 0 aliphatic rings. The Bertz CT molecular complexity index is 430. The molecule has 0 aliphatic heterocycles. The third-order valence-electron chi connectivity index (χ3n) is 1.86. The average Bonchev–Trinajstić information content (AvgIpc) is 2.19. The standard InChI is InChI=1S/C11H13N3O/c1-8-4-10(13-7-14(2)3)9(6-12)5-11(8)15/h4-5,7,15H,1-3H3. The van der Waals surface area contributed by atoms with Crippen molar-refractivity contribution in [3.05, 3.63) is 23.3 Å². The number of aryl methyl sites for hydroxylation is 1. The third kappa shape index (κ3) is 2.71. The van der Waals surface area contributed by atoms with Gasteiger partial charge in [0.1, 0.15) is 11.8 Å². The van der Waals surface area contributed by atoms with E-state index in [1.165, 1.54) is 6.07 Å². The van der Waals surface area contributed by atoms with E-state index in [2.05, 4.69) is 4.99 Å². The van der Waals surface area contributed by atoms with Gasteiger partial charge in [-0.25, -0.2) is 4.99 Å². The summed E-state index contributed by atoms with van der Waals surface area (Å²) in [6.45, 7) is 1.77. The van der Waals surface area contributed by atoms with Gasteiger partial charge < -0.3 is 10.0 Å². The highest BCUT2D eigenvalue weighted by molar-refractivity contribution is 5.66. The lowest BCUT2D eigenvalue weighted by Gasteiger charge is -2.05. The molecule has 15 heavy (non-hydrogen) atoms. The summed E-state index contributed by atoms with van der Waals surface area (Å²) in [5, 5.41) is 18.3. The maximum absolute atomic E-state index is 9.42. The zero-order valence-electron chi connectivity index (χ0n) is 9.02. The van der Waals surface area contributed by atoms with E-state index in [1.807, 2.05) is 20.2 Å². The number of nitriles is 1. The van der Waals surface area contributed by atoms with E-state index in [-0.39, 0.29) is 5.75 Å². The molecule has 1 aromatic carbocycles. The lowest BCUT2D eigenvalue weighted by atomic mass is 10.1. The minimum Gasteiger partial charge on any atom is -0.508 e. The number of benzene rings is 1. The number of phenols is 1. The molecular weight excluding hydrogens is 190 g/mol. The molecule has 0 atom stereocenters. The molecule has 0 heterocycles. The van der Waals surface area contributed by atoms with Gasteiger partial charge in [0.2, 0.25) is 0 Å². The van der Waals surface area contributed by atoms with Crippen LogP contribution in [0.15, 0.2) is 17.1 Å². The van der Waals surface area contributed by atoms with Crippen molar-refractivity contribution in [2.24, 2.45) is 4.99 Å². The van der Waals surface area contributed by atoms with Gasteiger partial charge in [0.25, 0.3) is 0 Å². The van der Waals surface area contributed by atoms with E-state index in [0.29, 0.717) is 16.8 Å². The summed E-state index contributed by atoms with van der Waals surface area (Å²) in [6.07, 6.45) is 1.62. The van der Waals surface area contributed by atoms with Crippen molar-refractivity contribution in [3.8, 4) is 11.8 Å². The van der Waals surface area contributed by atoms with Crippen molar-refractivity contribution in [1.82, 2.24) is 4.90 Å². The monoisotopic (exact) mass is 203 g/mol. The first-order chi connectivity index (χ1) is 7.04. The van der Waals surface area contributed by atoms with Gasteiger partial charge in [-0.3, -0.25) is 0 Å². The number of rotatable bonds is 2. The largest absolute Gasteiger partial charge is 0.508 e. The quantitative estimate of drug-likeness (QED) is 0.589. The predicted molar refractivity (Wildman–Crippen MR) is 59.4 cm³/mol. The van der Waals surface area contributed by atoms with Crippen molar-refractivity contribution < 1.29 is 5.11 Å². The van der Waals surface area contributed by atoms with Gasteiger partial charge >= 0.3 is 0 Å². The van der Waals surface area contributed by atoms with Crippen LogP contribution >= 0.6 is 0 Å². The molecule has 0 saturated heterocycles. The molecule has 78 valence electrons. The Morgan fingerprint density at radius 3 is 2.67 bits per heavy atom. The molecular formula is C11H13N3O. The van der Waals surface area contributed by atoms with Crippen LogP contribution in [0.2, 0.25) is 0 Å². The molecule has 1 N–H and O–H groups in total. The highest BCUT2D eigenvalue weighted by Crippen LogP contribution is 2.26. The summed E-state index contributed by atoms with van der Waals surface area (Å²) in [4.78, 5) is 5.93. The second-order valence-electron chi connectivity index (χ2n) is 3.48. The van der Waals surface area contributed by atoms with Crippen LogP contribution < -0.4 is 0 Å². The van der Waals surface area contributed by atoms with Gasteiger partial charge in [0.15, 0.2) is 0 Å². The lowest BCUT2D eigenvalue weighted by molar-refractivity contribution is 0.471. The first-order valence-corrected chi connectivity index (χ1v) is 4.49. The number of phenolic OH excluding ortho intramolecular Hbond substituents is 1. The Morgan fingerprint density at radius 1 is 1.47 bits per heavy atom. The fourth-order valence-electron chi connectivity index (χ4n) is 1.06. The van der Waals surface area contributed by atoms with Crippen LogP contribution in [0.25, 0.3) is 0 Å². The molecule has 0 aromatic heterocycles. The summed E-state index contributed by atoms with van der Waals surface area (Å²) in [5.74, 6) is 0.121. The zero-order chi connectivity index (χ0) is 11.4. The highest BCUT2D eigenvalue weighted by Gasteiger charge is 2.04. The normalized spacial score (nSPS) is 10.3. The van der Waals surface area contributed by atoms with Gasteiger partial charge in [0.05, 0.1) is 17.6 Å². The highest BCUT2D eigenvalue weighted by atomic mass is 16.3. The molecule has 0 spiro atoms. The van der Waals surface area contributed by atoms with Crippen LogP contribution in [-0.4, -0.2) is 30.4 Å². The van der Waals surface area contributed by atoms with Crippen LogP contribution in [0.4, 0.5) is 5.69 Å². The summed E-state index contributed by atoms with van der Waals surface area (Å²) in [6, 6.07) is 5.11. The van der Waals surface area contributed by atoms with E-state index < -0.39 is 0 Å². The Morgan fingerprint density at radius 2 is 2.13 bits per heavy atom. The van der Waals surface area contributed by atoms with E-state index in [0.717, 1.165) is 0 Å². The van der Waals surface area contributed by atoms with Crippen LogP contribution in [0.3, 0.4) is 0 Å². The molecule has 4 nitrogen and oxygen atoms in total. The van der Waals surface area contributed by atoms with Gasteiger partial charge in [-0.2, -0.15) is 5.26 Å². The maximum atomic E-state index is 9.42. The Balaban J connectivity index is 3.18. The molecule has 0 fully saturated rings. The summed E-state index contributed by atoms with van der Waals surface area (Å²) in [7, 11) is 3.70. The summed E-state index contributed by atoms with van der Waals surface area (Å²) < 4.78 is 0. The predicted octanol–water partition coefficient (Wildman–Crippen LogP) is 1.79. The van der Waals surface area contributed by atoms with Crippen molar-refractivity contribution in [2.45, 2.75) is 6.92 Å². The first kappa shape index (κ1) is 11.1. The number of hydrogen-bond acceptors (Lipinski definition) is 3. The van der Waals surface area contributed by atoms with E-state index in [9.17, 15) is 5.11 Å². The second kappa shape index (κ2) is 4.47. The Kier molecular flexibility index (Phi) is 3.29. The van der Waals surface area contributed by atoms with E-state index in [4.69, 9.17) is 5.26 Å². The fraction of sp³-hybridized carbons (Fsp3) is 0.273. The van der Waals surface area contributed by atoms with Crippen LogP contribution in [-0.2, 0) is 0 Å². The van der Waals surface area contributed by atoms with Crippen molar-refractivity contribution in [3.63, 3.8) is 0 Å². The molecule has 0 unspecified atom stereocenters. The van der Waals surface area contributed by atoms with E-state index in [1.54, 1.807) is 24.2 Å². The number of aromatic hydroxyl groups is 1. The van der Waals surface area contributed by atoms with Gasteiger partial charge in [0, 0.05) is 20.2 Å². The van der Waals surface area contributed by atoms with Crippen molar-refractivity contribution in [1.29, 1.82) is 5.26 Å². The fourth-order valence-corrected chi connectivity index (χ4v) is 1.06. The molecule has 0 amide bonds. The molecule has 0 aliphatic carbocycles. The van der Waals surface area contributed by atoms with Crippen LogP contribution in [0.5, 0.6) is 5.75 Å². The summed E-state index contributed by atoms with van der Waals surface area (Å²) >= 11 is 0. The smallest absolute Gasteiger partial charge is 0.119 e. The Hall–Kier alpha value is -2.02. The third-order valence-corrected chi connectivity index (χ3v) is 1.86. The minimum atomic E-state index is 0.121. The lowest BCUT2D eigenvalue weighted by Crippen LogP contribution is -2.07. The van der Waals surface area contributed by atoms with Gasteiger partial charge in [-0.15, -0.1) is 0 Å². The number of aliphatic imine (C=N–C) groups is 1. The molecule has 0 saturated carbocycles. The SMILES string of the molecule is Cc1cc(N=CN(C)C)c(C#N)cc1O. The minimum absolute atomic E-state index is 0.121. The van der Waals surface area contributed by atoms with Crippen molar-refractivity contribution in [2.75, 3.05) is 14.1 Å².